The molecule has 1 amide bonds. The molecule has 0 spiro atoms. The van der Waals surface area contributed by atoms with Crippen molar-refractivity contribution in [2.75, 3.05) is 5.32 Å². The molecule has 3 rings (SSSR count). The molecule has 1 aliphatic rings. The lowest BCUT2D eigenvalue weighted by Crippen LogP contribution is -2.17. The largest absolute Gasteiger partial charge is 0.490 e. The topological polar surface area (TPSA) is 81.9 Å². The highest BCUT2D eigenvalue weighted by atomic mass is 32.1. The summed E-state index contributed by atoms with van der Waals surface area (Å²) in [7, 11) is 0. The van der Waals surface area contributed by atoms with Gasteiger partial charge in [-0.1, -0.05) is 12.1 Å². The maximum absolute atomic E-state index is 12.2. The monoisotopic (exact) mass is 290 g/mol. The minimum absolute atomic E-state index is 0.225. The van der Waals surface area contributed by atoms with Gasteiger partial charge in [0.2, 0.25) is 5.00 Å². The van der Waals surface area contributed by atoms with Gasteiger partial charge in [-0.3, -0.25) is 0 Å². The molecule has 2 N–H and O–H groups in total. The summed E-state index contributed by atoms with van der Waals surface area (Å²) in [5.74, 6) is 0.301. The molecule has 2 aromatic rings. The van der Waals surface area contributed by atoms with E-state index >= 15 is 0 Å². The maximum atomic E-state index is 12.2. The van der Waals surface area contributed by atoms with Crippen molar-refractivity contribution in [1.82, 2.24) is 0 Å². The summed E-state index contributed by atoms with van der Waals surface area (Å²) in [6.45, 7) is 0. The van der Waals surface area contributed by atoms with Crippen molar-refractivity contribution in [2.45, 2.75) is 18.9 Å². The number of nitrogens with one attached hydrogen (secondary N) is 2. The number of thiazole rings is 1. The summed E-state index contributed by atoms with van der Waals surface area (Å²) in [6.07, 6.45) is 3.73. The molecule has 1 fully saturated rings. The van der Waals surface area contributed by atoms with E-state index in [-0.39, 0.29) is 17.0 Å². The third kappa shape index (κ3) is 2.83. The fourth-order valence-electron chi connectivity index (χ4n) is 1.69. The van der Waals surface area contributed by atoms with Crippen LogP contribution >= 0.6 is 11.3 Å². The number of hydrogen-bond donors (Lipinski definition) is 1. The van der Waals surface area contributed by atoms with Crippen molar-refractivity contribution in [3.8, 4) is 5.75 Å². The van der Waals surface area contributed by atoms with Gasteiger partial charge < -0.3 is 4.74 Å². The number of aromatic nitrogens is 1. The zero-order chi connectivity index (χ0) is 13.9. The summed E-state index contributed by atoms with van der Waals surface area (Å²) in [4.78, 5) is 25.4. The number of carbonyl (C=O) groups excluding carboxylic acids is 1. The first-order valence-electron chi connectivity index (χ1n) is 6.18. The molecule has 6 nitrogen and oxygen atoms in total. The zero-order valence-corrected chi connectivity index (χ0v) is 11.3. The van der Waals surface area contributed by atoms with Crippen molar-refractivity contribution >= 4 is 27.4 Å². The molecule has 0 atom stereocenters. The molecule has 1 heterocycles. The second-order valence-corrected chi connectivity index (χ2v) is 5.45. The lowest BCUT2D eigenvalue weighted by molar-refractivity contribution is -0.353. The molecule has 20 heavy (non-hydrogen) atoms. The molecule has 0 unspecified atom stereocenters. The van der Waals surface area contributed by atoms with Crippen LogP contribution in [0.2, 0.25) is 0 Å². The SMILES string of the molecule is O=Nc1c[nH+]c(NC(=O)c2ccccc2OC2CC2)s1. The lowest BCUT2D eigenvalue weighted by Gasteiger charge is -2.07. The van der Waals surface area contributed by atoms with Crippen molar-refractivity contribution in [2.24, 2.45) is 5.18 Å². The summed E-state index contributed by atoms with van der Waals surface area (Å²) >= 11 is 1.08. The van der Waals surface area contributed by atoms with Crippen LogP contribution in [0.4, 0.5) is 10.1 Å². The van der Waals surface area contributed by atoms with Gasteiger partial charge >= 0.3 is 11.0 Å². The van der Waals surface area contributed by atoms with Gasteiger partial charge in [-0.15, -0.1) is 4.91 Å². The second kappa shape index (κ2) is 5.38. The standard InChI is InChI=1S/C13H11N3O3S/c17-12(15-13-14-7-11(16-18)20-13)9-3-1-2-4-10(9)19-8-5-6-8/h1-4,7-8H,5-6H2,(H,14,15,17)/p+1. The van der Waals surface area contributed by atoms with Gasteiger partial charge in [0.05, 0.1) is 6.10 Å². The Morgan fingerprint density at radius 1 is 1.40 bits per heavy atom. The van der Waals surface area contributed by atoms with Gasteiger partial charge in [0.1, 0.15) is 17.5 Å². The van der Waals surface area contributed by atoms with Gasteiger partial charge in [0.15, 0.2) is 0 Å². The van der Waals surface area contributed by atoms with Gasteiger partial charge in [-0.25, -0.2) is 9.78 Å². The Morgan fingerprint density at radius 2 is 2.20 bits per heavy atom. The van der Waals surface area contributed by atoms with E-state index in [2.05, 4.69) is 15.5 Å². The molecule has 0 radical (unpaired) electrons. The number of nitrogens with zero attached hydrogens (tertiary/aromatic N) is 1. The highest BCUT2D eigenvalue weighted by Crippen LogP contribution is 2.30. The van der Waals surface area contributed by atoms with E-state index in [0.717, 1.165) is 24.2 Å². The van der Waals surface area contributed by atoms with Crippen LogP contribution < -0.4 is 15.0 Å². The van der Waals surface area contributed by atoms with E-state index in [1.807, 2.05) is 6.07 Å². The smallest absolute Gasteiger partial charge is 0.343 e. The minimum atomic E-state index is -0.281. The highest BCUT2D eigenvalue weighted by Gasteiger charge is 2.26. The third-order valence-corrected chi connectivity index (χ3v) is 3.63. The normalized spacial score (nSPS) is 13.8. The van der Waals surface area contributed by atoms with Crippen LogP contribution in [-0.2, 0) is 0 Å². The van der Waals surface area contributed by atoms with Crippen LogP contribution in [-0.4, -0.2) is 12.0 Å². The highest BCUT2D eigenvalue weighted by molar-refractivity contribution is 7.18. The number of hydrogen-bond acceptors (Lipinski definition) is 5. The fourth-order valence-corrected chi connectivity index (χ4v) is 2.32. The first kappa shape index (κ1) is 12.7. The molecule has 1 aliphatic carbocycles. The zero-order valence-electron chi connectivity index (χ0n) is 10.5. The van der Waals surface area contributed by atoms with Gasteiger partial charge in [-0.05, 0) is 41.5 Å². The number of rotatable bonds is 5. The molecule has 1 saturated carbocycles. The Morgan fingerprint density at radius 3 is 2.90 bits per heavy atom. The van der Waals surface area contributed by atoms with Crippen LogP contribution in [0.15, 0.2) is 35.6 Å². The van der Waals surface area contributed by atoms with E-state index in [4.69, 9.17) is 4.74 Å². The number of nitroso groups, excluding NO2 is 1. The Labute approximate surface area is 118 Å². The van der Waals surface area contributed by atoms with Crippen molar-refractivity contribution in [3.63, 3.8) is 0 Å². The van der Waals surface area contributed by atoms with Crippen LogP contribution in [0, 0.1) is 4.91 Å². The average molecular weight is 290 g/mol. The fraction of sp³-hybridized carbons (Fsp3) is 0.231. The van der Waals surface area contributed by atoms with Crippen molar-refractivity contribution < 1.29 is 14.5 Å². The van der Waals surface area contributed by atoms with Crippen molar-refractivity contribution in [3.05, 3.63) is 40.9 Å². The summed E-state index contributed by atoms with van der Waals surface area (Å²) in [5, 5.41) is 6.23. The summed E-state index contributed by atoms with van der Waals surface area (Å²) < 4.78 is 5.71. The number of aromatic amines is 1. The number of H-pyrrole nitrogens is 1. The predicted octanol–water partition coefficient (Wildman–Crippen LogP) is 2.75. The number of anilines is 1. The van der Waals surface area contributed by atoms with E-state index in [0.29, 0.717) is 16.4 Å². The summed E-state index contributed by atoms with van der Waals surface area (Å²) in [6, 6.07) is 7.11. The number of benzene rings is 1. The molecular formula is C13H12N3O3S+. The van der Waals surface area contributed by atoms with E-state index in [9.17, 15) is 9.70 Å². The molecule has 7 heteroatoms. The molecule has 0 saturated heterocycles. The minimum Gasteiger partial charge on any atom is -0.490 e. The number of carbonyl (C=O) groups is 1. The molecular weight excluding hydrogens is 278 g/mol. The molecule has 102 valence electrons. The summed E-state index contributed by atoms with van der Waals surface area (Å²) in [5.41, 5.74) is 0.474. The van der Waals surface area contributed by atoms with Gasteiger partial charge in [0.25, 0.3) is 0 Å². The number of para-hydroxylation sites is 1. The Balaban J connectivity index is 1.77. The Hall–Kier alpha value is -2.28. The van der Waals surface area contributed by atoms with Gasteiger partial charge in [-0.2, -0.15) is 5.32 Å². The second-order valence-electron chi connectivity index (χ2n) is 4.42. The van der Waals surface area contributed by atoms with Crippen LogP contribution in [0.1, 0.15) is 23.2 Å². The van der Waals surface area contributed by atoms with E-state index in [1.165, 1.54) is 6.20 Å². The quantitative estimate of drug-likeness (QED) is 0.859. The molecule has 1 aromatic heterocycles. The number of amides is 1. The molecule has 0 bridgehead atoms. The van der Waals surface area contributed by atoms with Crippen LogP contribution in [0.25, 0.3) is 0 Å². The molecule has 1 aromatic carbocycles. The average Bonchev–Trinajstić information content (AvgIpc) is 3.16. The van der Waals surface area contributed by atoms with E-state index in [1.54, 1.807) is 18.2 Å². The Kier molecular flexibility index (Phi) is 3.42. The Bertz CT molecular complexity index is 652. The lowest BCUT2D eigenvalue weighted by atomic mass is 10.2. The maximum Gasteiger partial charge on any atom is 0.343 e. The third-order valence-electron chi connectivity index (χ3n) is 2.80. The number of ether oxygens (including phenoxy) is 1. The van der Waals surface area contributed by atoms with E-state index < -0.39 is 0 Å². The van der Waals surface area contributed by atoms with Crippen molar-refractivity contribution in [1.29, 1.82) is 0 Å². The predicted molar refractivity (Wildman–Crippen MR) is 74.4 cm³/mol. The van der Waals surface area contributed by atoms with Crippen LogP contribution in [0.5, 0.6) is 5.75 Å². The first-order chi connectivity index (χ1) is 9.76. The van der Waals surface area contributed by atoms with Gasteiger partial charge in [0, 0.05) is 0 Å². The first-order valence-corrected chi connectivity index (χ1v) is 7.00. The van der Waals surface area contributed by atoms with Crippen LogP contribution in [0.3, 0.4) is 0 Å². The molecule has 0 aliphatic heterocycles.